The number of hydrogen-bond acceptors (Lipinski definition) is 6. The molecule has 0 aliphatic rings. The molecule has 1 heterocycles. The van der Waals surface area contributed by atoms with Gasteiger partial charge in [0, 0.05) is 30.4 Å². The molecule has 3 aromatic rings. The van der Waals surface area contributed by atoms with Gasteiger partial charge in [0.1, 0.15) is 5.75 Å². The van der Waals surface area contributed by atoms with Gasteiger partial charge in [-0.1, -0.05) is 11.8 Å². The van der Waals surface area contributed by atoms with Crippen molar-refractivity contribution >= 4 is 35.0 Å². The molecule has 8 nitrogen and oxygen atoms in total. The van der Waals surface area contributed by atoms with Crippen LogP contribution in [0.25, 0.3) is 11.4 Å². The number of aromatic nitrogens is 3. The van der Waals surface area contributed by atoms with Gasteiger partial charge in [0.05, 0.1) is 12.4 Å². The average Bonchev–Trinajstić information content (AvgIpc) is 3.17. The minimum Gasteiger partial charge on any atom is -0.497 e. The molecule has 31 heavy (non-hydrogen) atoms. The van der Waals surface area contributed by atoms with Crippen molar-refractivity contribution in [3.05, 3.63) is 48.5 Å². The van der Waals surface area contributed by atoms with E-state index < -0.39 is 0 Å². The Balaban J connectivity index is 1.68. The van der Waals surface area contributed by atoms with Crippen LogP contribution in [0.15, 0.2) is 53.7 Å². The normalized spacial score (nSPS) is 11.6. The Kier molecular flexibility index (Phi) is 7.30. The molecular weight excluding hydrogens is 414 g/mol. The molecule has 0 spiro atoms. The van der Waals surface area contributed by atoms with E-state index in [2.05, 4.69) is 20.8 Å². The smallest absolute Gasteiger partial charge is 0.237 e. The standard InChI is InChI=1S/C22H25N5O3S/c1-5-27-20(16-6-12-19(30-4)13-7-16)25-26-22(27)31-14(2)21(29)24-18-10-8-17(9-11-18)23-15(3)28/h6-14H,5H2,1-4H3,(H,23,28)(H,24,29)/t14-/m1/s1. The molecule has 3 rings (SSSR count). The lowest BCUT2D eigenvalue weighted by molar-refractivity contribution is -0.115. The van der Waals surface area contributed by atoms with Crippen molar-refractivity contribution in [1.82, 2.24) is 14.8 Å². The van der Waals surface area contributed by atoms with E-state index in [0.717, 1.165) is 17.1 Å². The number of amides is 2. The van der Waals surface area contributed by atoms with Crippen LogP contribution in [-0.2, 0) is 16.1 Å². The first kappa shape index (κ1) is 22.4. The van der Waals surface area contributed by atoms with Crippen LogP contribution >= 0.6 is 11.8 Å². The third kappa shape index (κ3) is 5.64. The Morgan fingerprint density at radius 3 is 2.19 bits per heavy atom. The molecule has 0 unspecified atom stereocenters. The second-order valence-corrected chi connectivity index (χ2v) is 8.09. The molecule has 0 saturated heterocycles. The monoisotopic (exact) mass is 439 g/mol. The molecule has 1 aromatic heterocycles. The summed E-state index contributed by atoms with van der Waals surface area (Å²) in [5.41, 5.74) is 2.26. The summed E-state index contributed by atoms with van der Waals surface area (Å²) in [6.07, 6.45) is 0. The number of rotatable bonds is 8. The maximum absolute atomic E-state index is 12.7. The Morgan fingerprint density at radius 2 is 1.65 bits per heavy atom. The molecule has 0 fully saturated rings. The molecule has 2 aromatic carbocycles. The Hall–Kier alpha value is -3.33. The van der Waals surface area contributed by atoms with Gasteiger partial charge < -0.3 is 19.9 Å². The van der Waals surface area contributed by atoms with Crippen LogP contribution in [0.5, 0.6) is 5.75 Å². The summed E-state index contributed by atoms with van der Waals surface area (Å²) in [6, 6.07) is 14.6. The van der Waals surface area contributed by atoms with Gasteiger partial charge in [-0.25, -0.2) is 0 Å². The van der Waals surface area contributed by atoms with E-state index >= 15 is 0 Å². The summed E-state index contributed by atoms with van der Waals surface area (Å²) >= 11 is 1.35. The molecule has 2 N–H and O–H groups in total. The predicted octanol–water partition coefficient (Wildman–Crippen LogP) is 4.05. The molecule has 9 heteroatoms. The first-order valence-corrected chi connectivity index (χ1v) is 10.7. The predicted molar refractivity (Wildman–Crippen MR) is 122 cm³/mol. The van der Waals surface area contributed by atoms with Crippen LogP contribution in [0.2, 0.25) is 0 Å². The minimum absolute atomic E-state index is 0.143. The lowest BCUT2D eigenvalue weighted by Gasteiger charge is -2.13. The molecule has 0 aliphatic heterocycles. The van der Waals surface area contributed by atoms with Crippen molar-refractivity contribution in [3.8, 4) is 17.1 Å². The zero-order valence-corrected chi connectivity index (χ0v) is 18.7. The SMILES string of the molecule is CCn1c(S[C@H](C)C(=O)Nc2ccc(NC(C)=O)cc2)nnc1-c1ccc(OC)cc1. The van der Waals surface area contributed by atoms with Crippen LogP contribution in [0, 0.1) is 0 Å². The van der Waals surface area contributed by atoms with E-state index in [1.807, 2.05) is 42.7 Å². The summed E-state index contributed by atoms with van der Waals surface area (Å²) < 4.78 is 7.19. The van der Waals surface area contributed by atoms with E-state index in [-0.39, 0.29) is 17.1 Å². The molecule has 1 atom stereocenters. The summed E-state index contributed by atoms with van der Waals surface area (Å²) in [6.45, 7) is 5.97. The topological polar surface area (TPSA) is 98.1 Å². The van der Waals surface area contributed by atoms with Gasteiger partial charge in [-0.15, -0.1) is 10.2 Å². The average molecular weight is 440 g/mol. The zero-order valence-electron chi connectivity index (χ0n) is 17.9. The summed E-state index contributed by atoms with van der Waals surface area (Å²) in [5.74, 6) is 1.23. The van der Waals surface area contributed by atoms with Gasteiger partial charge in [-0.05, 0) is 62.4 Å². The second-order valence-electron chi connectivity index (χ2n) is 6.79. The second kappa shape index (κ2) is 10.1. The number of carbonyl (C=O) groups excluding carboxylic acids is 2. The Labute approximate surface area is 185 Å². The number of anilines is 2. The van der Waals surface area contributed by atoms with E-state index in [1.165, 1.54) is 18.7 Å². The number of hydrogen-bond donors (Lipinski definition) is 2. The van der Waals surface area contributed by atoms with E-state index in [1.54, 1.807) is 31.4 Å². The van der Waals surface area contributed by atoms with Gasteiger partial charge in [-0.3, -0.25) is 9.59 Å². The van der Waals surface area contributed by atoms with Crippen molar-refractivity contribution in [2.75, 3.05) is 17.7 Å². The third-order valence-electron chi connectivity index (χ3n) is 4.51. The fourth-order valence-corrected chi connectivity index (χ4v) is 3.82. The van der Waals surface area contributed by atoms with E-state index in [9.17, 15) is 9.59 Å². The minimum atomic E-state index is -0.381. The Bertz CT molecular complexity index is 1050. The highest BCUT2D eigenvalue weighted by Gasteiger charge is 2.20. The van der Waals surface area contributed by atoms with Gasteiger partial charge in [0.15, 0.2) is 11.0 Å². The van der Waals surface area contributed by atoms with E-state index in [0.29, 0.717) is 23.1 Å². The molecule has 162 valence electrons. The number of thioether (sulfide) groups is 1. The van der Waals surface area contributed by atoms with Crippen molar-refractivity contribution < 1.29 is 14.3 Å². The number of benzene rings is 2. The number of ether oxygens (including phenoxy) is 1. The van der Waals surface area contributed by atoms with Crippen molar-refractivity contribution in [1.29, 1.82) is 0 Å². The largest absolute Gasteiger partial charge is 0.497 e. The van der Waals surface area contributed by atoms with Crippen molar-refractivity contribution in [2.45, 2.75) is 37.7 Å². The lowest BCUT2D eigenvalue weighted by atomic mass is 10.2. The molecular formula is C22H25N5O3S. The van der Waals surface area contributed by atoms with Crippen LogP contribution in [0.4, 0.5) is 11.4 Å². The maximum atomic E-state index is 12.7. The van der Waals surface area contributed by atoms with Crippen molar-refractivity contribution in [2.24, 2.45) is 0 Å². The van der Waals surface area contributed by atoms with Gasteiger partial charge >= 0.3 is 0 Å². The molecule has 0 radical (unpaired) electrons. The van der Waals surface area contributed by atoms with E-state index in [4.69, 9.17) is 4.74 Å². The molecule has 0 bridgehead atoms. The van der Waals surface area contributed by atoms with Crippen LogP contribution in [-0.4, -0.2) is 38.9 Å². The Morgan fingerprint density at radius 1 is 1.03 bits per heavy atom. The summed E-state index contributed by atoms with van der Waals surface area (Å²) in [7, 11) is 1.63. The maximum Gasteiger partial charge on any atom is 0.237 e. The first-order chi connectivity index (χ1) is 14.9. The number of carbonyl (C=O) groups is 2. The molecule has 2 amide bonds. The van der Waals surface area contributed by atoms with Gasteiger partial charge in [0.25, 0.3) is 0 Å². The number of nitrogens with zero attached hydrogens (tertiary/aromatic N) is 3. The first-order valence-electron chi connectivity index (χ1n) is 9.84. The van der Waals surface area contributed by atoms with Crippen LogP contribution in [0.3, 0.4) is 0 Å². The van der Waals surface area contributed by atoms with Gasteiger partial charge in [0.2, 0.25) is 11.8 Å². The quantitative estimate of drug-likeness (QED) is 0.514. The molecule has 0 aliphatic carbocycles. The molecule has 0 saturated carbocycles. The zero-order chi connectivity index (χ0) is 22.4. The van der Waals surface area contributed by atoms with Crippen LogP contribution in [0.1, 0.15) is 20.8 Å². The highest BCUT2D eigenvalue weighted by atomic mass is 32.2. The third-order valence-corrected chi connectivity index (χ3v) is 5.59. The van der Waals surface area contributed by atoms with Gasteiger partial charge in [-0.2, -0.15) is 0 Å². The highest BCUT2D eigenvalue weighted by molar-refractivity contribution is 8.00. The number of nitrogens with one attached hydrogen (secondary N) is 2. The summed E-state index contributed by atoms with van der Waals surface area (Å²) in [4.78, 5) is 23.8. The van der Waals surface area contributed by atoms with Crippen molar-refractivity contribution in [3.63, 3.8) is 0 Å². The fraction of sp³-hybridized carbons (Fsp3) is 0.273. The lowest BCUT2D eigenvalue weighted by Crippen LogP contribution is -2.23. The highest BCUT2D eigenvalue weighted by Crippen LogP contribution is 2.28. The summed E-state index contributed by atoms with van der Waals surface area (Å²) in [5, 5.41) is 14.5. The van der Waals surface area contributed by atoms with Crippen LogP contribution < -0.4 is 15.4 Å². The fourth-order valence-electron chi connectivity index (χ4n) is 2.91. The number of methoxy groups -OCH3 is 1.